The van der Waals surface area contributed by atoms with Crippen LogP contribution in [0.1, 0.15) is 12.5 Å². The average molecular weight is 280 g/mol. The van der Waals surface area contributed by atoms with Crippen molar-refractivity contribution < 1.29 is 26.4 Å². The summed E-state index contributed by atoms with van der Waals surface area (Å²) in [5.41, 5.74) is 0.0568. The summed E-state index contributed by atoms with van der Waals surface area (Å²) in [6.45, 7) is 1.68. The van der Waals surface area contributed by atoms with E-state index in [1.165, 1.54) is 14.2 Å². The van der Waals surface area contributed by atoms with Gasteiger partial charge in [-0.15, -0.1) is 0 Å². The molecule has 0 spiro atoms. The summed E-state index contributed by atoms with van der Waals surface area (Å²) in [5, 5.41) is 0. The first-order chi connectivity index (χ1) is 8.47. The van der Waals surface area contributed by atoms with Crippen LogP contribution in [0, 0.1) is 17.5 Å². The lowest BCUT2D eigenvalue weighted by Gasteiger charge is -2.18. The van der Waals surface area contributed by atoms with Crippen LogP contribution in [0.4, 0.5) is 13.2 Å². The van der Waals surface area contributed by atoms with Crippen molar-refractivity contribution in [2.24, 2.45) is 0 Å². The van der Waals surface area contributed by atoms with Gasteiger partial charge in [-0.2, -0.15) is 0 Å². The molecule has 18 heavy (non-hydrogen) atoms. The fourth-order valence-corrected chi connectivity index (χ4v) is 2.37. The van der Waals surface area contributed by atoms with E-state index in [9.17, 15) is 13.2 Å². The molecule has 1 unspecified atom stereocenters. The third kappa shape index (κ3) is 4.09. The van der Waals surface area contributed by atoms with E-state index in [2.05, 4.69) is 0 Å². The van der Waals surface area contributed by atoms with Gasteiger partial charge in [-0.25, -0.2) is 13.2 Å². The summed E-state index contributed by atoms with van der Waals surface area (Å²) < 4.78 is 54.4. The normalized spacial score (nSPS) is 13.1. The highest BCUT2D eigenvalue weighted by Gasteiger charge is 2.18. The zero-order chi connectivity index (χ0) is 13.7. The van der Waals surface area contributed by atoms with Gasteiger partial charge < -0.3 is 13.3 Å². The maximum Gasteiger partial charge on any atom is 0.483 e. The fraction of sp³-hybridized carbons (Fsp3) is 0.455. The van der Waals surface area contributed by atoms with E-state index in [-0.39, 0.29) is 12.0 Å². The van der Waals surface area contributed by atoms with Crippen LogP contribution in [0.5, 0.6) is 0 Å². The molecule has 0 fully saturated rings. The molecule has 1 aromatic rings. The van der Waals surface area contributed by atoms with Crippen molar-refractivity contribution in [2.45, 2.75) is 19.4 Å². The Bertz CT molecular complexity index is 399. The quantitative estimate of drug-likeness (QED) is 0.590. The van der Waals surface area contributed by atoms with Gasteiger partial charge in [0.15, 0.2) is 11.6 Å². The molecule has 0 aliphatic carbocycles. The third-order valence-electron chi connectivity index (χ3n) is 2.33. The number of benzene rings is 1. The largest absolute Gasteiger partial charge is 0.483 e. The zero-order valence-electron chi connectivity index (χ0n) is 10.4. The van der Waals surface area contributed by atoms with E-state index < -0.39 is 33.1 Å². The molecule has 102 valence electrons. The van der Waals surface area contributed by atoms with E-state index in [0.29, 0.717) is 6.07 Å². The van der Waals surface area contributed by atoms with E-state index in [0.717, 1.165) is 6.07 Å². The molecule has 0 saturated heterocycles. The molecule has 7 heteroatoms. The minimum atomic E-state index is -2.22. The van der Waals surface area contributed by atoms with Crippen molar-refractivity contribution in [1.29, 1.82) is 0 Å². The average Bonchev–Trinajstić information content (AvgIpc) is 2.33. The van der Waals surface area contributed by atoms with Gasteiger partial charge in [0.2, 0.25) is 0 Å². The molecular formula is C11H15F3O3Si. The summed E-state index contributed by atoms with van der Waals surface area (Å²) in [5.74, 6) is -3.07. The van der Waals surface area contributed by atoms with Crippen LogP contribution in [-0.4, -0.2) is 29.9 Å². The van der Waals surface area contributed by atoms with Crippen molar-refractivity contribution in [3.8, 4) is 0 Å². The maximum atomic E-state index is 13.4. The van der Waals surface area contributed by atoms with E-state index in [1.807, 2.05) is 0 Å². The number of hydrogen-bond donors (Lipinski definition) is 0. The topological polar surface area (TPSA) is 27.7 Å². The Labute approximate surface area is 105 Å². The van der Waals surface area contributed by atoms with Gasteiger partial charge in [0.25, 0.3) is 0 Å². The molecule has 0 saturated carbocycles. The van der Waals surface area contributed by atoms with Crippen molar-refractivity contribution in [3.05, 3.63) is 35.1 Å². The highest BCUT2D eigenvalue weighted by Crippen LogP contribution is 2.16. The fourth-order valence-electron chi connectivity index (χ4n) is 1.48. The Morgan fingerprint density at radius 3 is 2.17 bits per heavy atom. The Kier molecular flexibility index (Phi) is 5.80. The molecule has 0 N–H and O–H groups in total. The molecule has 0 radical (unpaired) electrons. The van der Waals surface area contributed by atoms with Gasteiger partial charge in [-0.1, -0.05) is 0 Å². The Hall–Kier alpha value is -0.893. The van der Waals surface area contributed by atoms with Crippen molar-refractivity contribution in [2.75, 3.05) is 14.2 Å². The minimum absolute atomic E-state index is 0.0568. The molecule has 0 aliphatic heterocycles. The van der Waals surface area contributed by atoms with Crippen molar-refractivity contribution in [1.82, 2.24) is 0 Å². The molecule has 0 heterocycles. The van der Waals surface area contributed by atoms with E-state index in [1.54, 1.807) is 6.92 Å². The molecule has 3 nitrogen and oxygen atoms in total. The summed E-state index contributed by atoms with van der Waals surface area (Å²) in [6.07, 6.45) is -0.305. The summed E-state index contributed by atoms with van der Waals surface area (Å²) in [6, 6.07) is 1.36. The molecule has 1 rings (SSSR count). The Balaban J connectivity index is 2.69. The van der Waals surface area contributed by atoms with Crippen LogP contribution < -0.4 is 0 Å². The van der Waals surface area contributed by atoms with Crippen LogP contribution >= 0.6 is 0 Å². The van der Waals surface area contributed by atoms with Crippen LogP contribution in [0.3, 0.4) is 0 Å². The number of halogens is 3. The Morgan fingerprint density at radius 1 is 1.06 bits per heavy atom. The van der Waals surface area contributed by atoms with Crippen LogP contribution in [-0.2, 0) is 19.7 Å². The second-order valence-electron chi connectivity index (χ2n) is 3.77. The van der Waals surface area contributed by atoms with Crippen LogP contribution in [0.25, 0.3) is 0 Å². The number of rotatable bonds is 6. The molecule has 0 bridgehead atoms. The molecule has 0 amide bonds. The van der Waals surface area contributed by atoms with Crippen molar-refractivity contribution >= 4 is 9.53 Å². The first-order valence-electron chi connectivity index (χ1n) is 5.32. The third-order valence-corrected chi connectivity index (χ3v) is 3.78. The second kappa shape index (κ2) is 6.88. The highest BCUT2D eigenvalue weighted by atomic mass is 28.3. The van der Waals surface area contributed by atoms with Gasteiger partial charge >= 0.3 is 9.53 Å². The predicted octanol–water partition coefficient (Wildman–Crippen LogP) is 2.06. The van der Waals surface area contributed by atoms with Gasteiger partial charge in [0.05, 0.1) is 6.10 Å². The van der Waals surface area contributed by atoms with Gasteiger partial charge in [-0.05, 0) is 18.6 Å². The Morgan fingerprint density at radius 2 is 1.61 bits per heavy atom. The molecular weight excluding hydrogens is 265 g/mol. The first kappa shape index (κ1) is 15.2. The first-order valence-corrected chi connectivity index (χ1v) is 6.73. The summed E-state index contributed by atoms with van der Waals surface area (Å²) in [4.78, 5) is 0. The van der Waals surface area contributed by atoms with Crippen LogP contribution in [0.2, 0.25) is 0 Å². The molecule has 1 aromatic carbocycles. The minimum Gasteiger partial charge on any atom is -0.379 e. The standard InChI is InChI=1S/C11H15F3O3Si/c1-7(17-18(15-2)16-3)4-8-5-10(13)11(14)6-9(8)12/h5-7,18H,4H2,1-3H3. The molecule has 0 aliphatic rings. The molecule has 1 atom stereocenters. The van der Waals surface area contributed by atoms with Gasteiger partial charge in [0, 0.05) is 26.7 Å². The molecule has 0 aromatic heterocycles. The second-order valence-corrected chi connectivity index (χ2v) is 5.56. The maximum absolute atomic E-state index is 13.4. The number of hydrogen-bond acceptors (Lipinski definition) is 3. The smallest absolute Gasteiger partial charge is 0.379 e. The summed E-state index contributed by atoms with van der Waals surface area (Å²) >= 11 is 0. The van der Waals surface area contributed by atoms with Crippen molar-refractivity contribution in [3.63, 3.8) is 0 Å². The monoisotopic (exact) mass is 280 g/mol. The van der Waals surface area contributed by atoms with E-state index >= 15 is 0 Å². The lowest BCUT2D eigenvalue weighted by Crippen LogP contribution is -2.30. The van der Waals surface area contributed by atoms with E-state index in [4.69, 9.17) is 13.3 Å². The highest BCUT2D eigenvalue weighted by molar-refractivity contribution is 6.36. The lowest BCUT2D eigenvalue weighted by atomic mass is 10.1. The SMILES string of the molecule is CO[SiH](OC)OC(C)Cc1cc(F)c(F)cc1F. The lowest BCUT2D eigenvalue weighted by molar-refractivity contribution is 0.0946. The summed E-state index contributed by atoms with van der Waals surface area (Å²) in [7, 11) is 0.680. The van der Waals surface area contributed by atoms with Crippen LogP contribution in [0.15, 0.2) is 12.1 Å². The predicted molar refractivity (Wildman–Crippen MR) is 61.7 cm³/mol. The zero-order valence-corrected chi connectivity index (χ0v) is 11.5. The van der Waals surface area contributed by atoms with Gasteiger partial charge in [0.1, 0.15) is 5.82 Å². The van der Waals surface area contributed by atoms with Gasteiger partial charge in [-0.3, -0.25) is 0 Å².